The van der Waals surface area contributed by atoms with Gasteiger partial charge in [0.1, 0.15) is 0 Å². The van der Waals surface area contributed by atoms with Crippen LogP contribution in [-0.2, 0) is 10.8 Å². The van der Waals surface area contributed by atoms with E-state index in [9.17, 15) is 0 Å². The summed E-state index contributed by atoms with van der Waals surface area (Å²) in [5.74, 6) is 0. The second kappa shape index (κ2) is 9.20. The van der Waals surface area contributed by atoms with Crippen LogP contribution < -0.4 is 0 Å². The fourth-order valence-electron chi connectivity index (χ4n) is 11.2. The summed E-state index contributed by atoms with van der Waals surface area (Å²) in [6, 6.07) is 47.5. The van der Waals surface area contributed by atoms with Gasteiger partial charge >= 0.3 is 0 Å². The Bertz CT molecular complexity index is 3370. The Labute approximate surface area is 313 Å². The molecule has 0 saturated heterocycles. The Kier molecular flexibility index (Phi) is 5.02. The van der Waals surface area contributed by atoms with Gasteiger partial charge in [0, 0.05) is 0 Å². The van der Waals surface area contributed by atoms with Crippen LogP contribution in [0.1, 0.15) is 52.7 Å². The molecule has 13 rings (SSSR count). The third-order valence-electron chi connectivity index (χ3n) is 13.5. The molecule has 0 fully saturated rings. The number of benzene rings is 11. The van der Waals surface area contributed by atoms with E-state index in [-0.39, 0.29) is 10.8 Å². The predicted molar refractivity (Wildman–Crippen MR) is 237 cm³/mol. The van der Waals surface area contributed by atoms with Crippen LogP contribution in [0.25, 0.3) is 130 Å². The van der Waals surface area contributed by atoms with Crippen molar-refractivity contribution in [1.29, 1.82) is 0 Å². The normalized spacial score (nSPS) is 13.7. The first-order chi connectivity index (χ1) is 26.1. The Morgan fingerprint density at radius 2 is 0.500 bits per heavy atom. The lowest BCUT2D eigenvalue weighted by Crippen LogP contribution is -2.10. The van der Waals surface area contributed by atoms with E-state index >= 15 is 0 Å². The molecule has 0 saturated carbocycles. The van der Waals surface area contributed by atoms with Crippen LogP contribution in [0.4, 0.5) is 0 Å². The summed E-state index contributed by atoms with van der Waals surface area (Å²) >= 11 is 0. The predicted octanol–water partition coefficient (Wildman–Crippen LogP) is 15.8. The molecule has 0 bridgehead atoms. The van der Waals surface area contributed by atoms with Crippen LogP contribution in [0, 0.1) is 0 Å². The Balaban J connectivity index is 1.35. The molecule has 0 heterocycles. The highest BCUT2D eigenvalue weighted by Crippen LogP contribution is 2.62. The highest BCUT2D eigenvalue weighted by Gasteiger charge is 2.34. The SMILES string of the molecule is CC(C)(C)c1ccc(-c2c3cccc4c5cccc6c7c(-c8ccc(C(C)(C)C)cc8)c8cccc9c%10cccc%11c2c2c(c34)c(c56)c7c(c89)c2c%10%11)cc1. The minimum absolute atomic E-state index is 0.0923. The molecular formula is C54H38. The maximum absolute atomic E-state index is 2.41. The van der Waals surface area contributed by atoms with Gasteiger partial charge in [-0.15, -0.1) is 0 Å². The van der Waals surface area contributed by atoms with Gasteiger partial charge in [-0.25, -0.2) is 0 Å². The topological polar surface area (TPSA) is 0 Å². The molecule has 0 aliphatic carbocycles. The summed E-state index contributed by atoms with van der Waals surface area (Å²) < 4.78 is 0. The van der Waals surface area contributed by atoms with Crippen LogP contribution in [0.2, 0.25) is 0 Å². The zero-order valence-electron chi connectivity index (χ0n) is 31.5. The van der Waals surface area contributed by atoms with Crippen LogP contribution in [0.5, 0.6) is 0 Å². The zero-order chi connectivity index (χ0) is 36.2. The van der Waals surface area contributed by atoms with Crippen molar-refractivity contribution in [3.63, 3.8) is 0 Å². The summed E-state index contributed by atoms with van der Waals surface area (Å²) in [6.07, 6.45) is 0. The van der Waals surface area contributed by atoms with E-state index in [0.717, 1.165) is 0 Å². The average Bonchev–Trinajstić information content (AvgIpc) is 3.70. The minimum atomic E-state index is 0.0923. The largest absolute Gasteiger partial charge is 0.0610 e. The quantitative estimate of drug-likeness (QED) is 0.125. The standard InChI is InChI=1S/C54H38/c1-53(2,3)29-23-19-27(20-24-29)39-35-15-7-11-31-33-14-10-18-38-44(33)50-47(41(31)35)51-45(39)37-17-9-13-34-32-12-8-16-36-40(28-21-25-30(26-22-28)54(4,5)6)46(38)52(50)48(42(32)36)49(51)43(34)37/h7-26H,1-6H3. The molecule has 13 aromatic carbocycles. The fraction of sp³-hybridized carbons (Fsp3) is 0.148. The Morgan fingerprint density at radius 1 is 0.241 bits per heavy atom. The summed E-state index contributed by atoms with van der Waals surface area (Å²) in [4.78, 5) is 0. The van der Waals surface area contributed by atoms with Gasteiger partial charge in [0.2, 0.25) is 0 Å². The smallest absolute Gasteiger partial charge is 0.0000253 e. The average molecular weight is 687 g/mol. The van der Waals surface area contributed by atoms with Crippen molar-refractivity contribution >= 4 is 108 Å². The molecule has 0 aliphatic rings. The summed E-state index contributed by atoms with van der Waals surface area (Å²) in [5.41, 5.74) is 8.27. The number of fused-ring (bicyclic) bond motifs is 4. The third kappa shape index (κ3) is 3.23. The van der Waals surface area contributed by atoms with E-state index in [0.29, 0.717) is 0 Å². The van der Waals surface area contributed by atoms with Gasteiger partial charge in [-0.3, -0.25) is 0 Å². The summed E-state index contributed by atoms with van der Waals surface area (Å²) in [6.45, 7) is 13.9. The van der Waals surface area contributed by atoms with Crippen molar-refractivity contribution in [2.75, 3.05) is 0 Å². The van der Waals surface area contributed by atoms with Gasteiger partial charge in [-0.1, -0.05) is 163 Å². The molecule has 0 atom stereocenters. The van der Waals surface area contributed by atoms with Crippen molar-refractivity contribution in [3.05, 3.63) is 132 Å². The van der Waals surface area contributed by atoms with E-state index in [1.54, 1.807) is 0 Å². The molecule has 0 heteroatoms. The third-order valence-corrected chi connectivity index (χ3v) is 13.5. The number of hydrogen-bond acceptors (Lipinski definition) is 0. The van der Waals surface area contributed by atoms with Crippen LogP contribution in [0.3, 0.4) is 0 Å². The Hall–Kier alpha value is -5.98. The number of rotatable bonds is 2. The molecule has 0 radical (unpaired) electrons. The van der Waals surface area contributed by atoms with Crippen LogP contribution in [-0.4, -0.2) is 0 Å². The van der Waals surface area contributed by atoms with Crippen LogP contribution in [0.15, 0.2) is 121 Å². The maximum Gasteiger partial charge on any atom is -0.0000253 e. The highest BCUT2D eigenvalue weighted by atomic mass is 14.4. The van der Waals surface area contributed by atoms with E-state index in [4.69, 9.17) is 0 Å². The molecule has 0 spiro atoms. The van der Waals surface area contributed by atoms with Gasteiger partial charge in [0.15, 0.2) is 0 Å². The van der Waals surface area contributed by atoms with Crippen molar-refractivity contribution in [2.45, 2.75) is 52.4 Å². The molecule has 0 amide bonds. The molecule has 0 unspecified atom stereocenters. The molecular weight excluding hydrogens is 649 g/mol. The molecule has 54 heavy (non-hydrogen) atoms. The first kappa shape index (κ1) is 29.5. The van der Waals surface area contributed by atoms with Gasteiger partial charge in [0.05, 0.1) is 0 Å². The first-order valence-electron chi connectivity index (χ1n) is 19.6. The van der Waals surface area contributed by atoms with E-state index in [1.165, 1.54) is 141 Å². The van der Waals surface area contributed by atoms with Gasteiger partial charge in [-0.05, 0) is 152 Å². The van der Waals surface area contributed by atoms with E-state index < -0.39 is 0 Å². The second-order valence-corrected chi connectivity index (χ2v) is 18.3. The maximum atomic E-state index is 2.41. The molecule has 0 N–H and O–H groups in total. The van der Waals surface area contributed by atoms with Crippen LogP contribution >= 0.6 is 0 Å². The molecule has 254 valence electrons. The highest BCUT2D eigenvalue weighted by molar-refractivity contribution is 6.61. The number of hydrogen-bond donors (Lipinski definition) is 0. The van der Waals surface area contributed by atoms with Gasteiger partial charge in [0.25, 0.3) is 0 Å². The second-order valence-electron chi connectivity index (χ2n) is 18.3. The molecule has 13 aromatic rings. The summed E-state index contributed by atoms with van der Waals surface area (Å²) in [7, 11) is 0. The van der Waals surface area contributed by atoms with Crippen molar-refractivity contribution in [1.82, 2.24) is 0 Å². The Morgan fingerprint density at radius 3 is 0.815 bits per heavy atom. The lowest BCUT2D eigenvalue weighted by Gasteiger charge is -2.23. The molecule has 0 aromatic heterocycles. The fourth-order valence-corrected chi connectivity index (χ4v) is 11.2. The van der Waals surface area contributed by atoms with Gasteiger partial charge < -0.3 is 0 Å². The molecule has 0 nitrogen and oxygen atoms in total. The van der Waals surface area contributed by atoms with Crippen molar-refractivity contribution in [3.8, 4) is 22.3 Å². The van der Waals surface area contributed by atoms with E-state index in [2.05, 4.69) is 163 Å². The minimum Gasteiger partial charge on any atom is -0.0610 e. The zero-order valence-corrected chi connectivity index (χ0v) is 31.5. The lowest BCUT2D eigenvalue weighted by molar-refractivity contribution is 0.590. The van der Waals surface area contributed by atoms with E-state index in [1.807, 2.05) is 0 Å². The monoisotopic (exact) mass is 686 g/mol. The first-order valence-corrected chi connectivity index (χ1v) is 19.6. The van der Waals surface area contributed by atoms with Crippen molar-refractivity contribution in [2.24, 2.45) is 0 Å². The van der Waals surface area contributed by atoms with Gasteiger partial charge in [-0.2, -0.15) is 0 Å². The summed E-state index contributed by atoms with van der Waals surface area (Å²) in [5, 5.41) is 28.2. The lowest BCUT2D eigenvalue weighted by atomic mass is 9.80. The molecule has 0 aliphatic heterocycles. The van der Waals surface area contributed by atoms with Crippen molar-refractivity contribution < 1.29 is 0 Å².